The molecular formula is C18H19NO5S. The minimum Gasteiger partial charge on any atom is -0.485 e. The molecule has 2 aromatic rings. The summed E-state index contributed by atoms with van der Waals surface area (Å²) < 4.78 is 34.2. The van der Waals surface area contributed by atoms with E-state index in [1.807, 2.05) is 19.1 Å². The molecule has 1 amide bonds. The van der Waals surface area contributed by atoms with Gasteiger partial charge in [-0.25, -0.2) is 8.42 Å². The minimum absolute atomic E-state index is 0.141. The number of fused-ring (bicyclic) bond motifs is 1. The Morgan fingerprint density at radius 2 is 1.76 bits per heavy atom. The van der Waals surface area contributed by atoms with Crippen molar-refractivity contribution < 1.29 is 22.7 Å². The van der Waals surface area contributed by atoms with E-state index < -0.39 is 15.9 Å². The Hall–Kier alpha value is -2.54. The summed E-state index contributed by atoms with van der Waals surface area (Å²) >= 11 is 0. The van der Waals surface area contributed by atoms with Gasteiger partial charge in [0, 0.05) is 6.26 Å². The third kappa shape index (κ3) is 3.93. The highest BCUT2D eigenvalue weighted by Gasteiger charge is 2.28. The van der Waals surface area contributed by atoms with Crippen molar-refractivity contribution in [2.75, 3.05) is 12.9 Å². The third-order valence-corrected chi connectivity index (χ3v) is 5.10. The largest absolute Gasteiger partial charge is 0.485 e. The number of hydrogen-bond donors (Lipinski definition) is 1. The molecule has 0 bridgehead atoms. The maximum atomic E-state index is 12.4. The maximum absolute atomic E-state index is 12.4. The molecule has 0 aromatic heterocycles. The molecule has 132 valence electrons. The topological polar surface area (TPSA) is 81.7 Å². The summed E-state index contributed by atoms with van der Waals surface area (Å²) in [6, 6.07) is 13.3. The van der Waals surface area contributed by atoms with Crippen LogP contribution in [0, 0.1) is 0 Å². The molecule has 0 spiro atoms. The van der Waals surface area contributed by atoms with Crippen molar-refractivity contribution in [3.05, 3.63) is 54.1 Å². The van der Waals surface area contributed by atoms with Crippen molar-refractivity contribution in [3.8, 4) is 11.5 Å². The van der Waals surface area contributed by atoms with Crippen molar-refractivity contribution >= 4 is 15.7 Å². The van der Waals surface area contributed by atoms with Crippen LogP contribution in [0.25, 0.3) is 0 Å². The first-order chi connectivity index (χ1) is 11.8. The molecule has 2 aromatic carbocycles. The normalized spacial score (nSPS) is 17.6. The summed E-state index contributed by atoms with van der Waals surface area (Å²) in [5.74, 6) is 0.879. The Bertz CT molecular complexity index is 877. The smallest absolute Gasteiger partial charge is 0.265 e. The molecular weight excluding hydrogens is 342 g/mol. The second-order valence-corrected chi connectivity index (χ2v) is 7.95. The van der Waals surface area contributed by atoms with Crippen LogP contribution in [0.4, 0.5) is 0 Å². The van der Waals surface area contributed by atoms with E-state index in [2.05, 4.69) is 5.32 Å². The van der Waals surface area contributed by atoms with Crippen LogP contribution in [0.2, 0.25) is 0 Å². The molecule has 0 aliphatic carbocycles. The number of para-hydroxylation sites is 2. The quantitative estimate of drug-likeness (QED) is 0.902. The average Bonchev–Trinajstić information content (AvgIpc) is 2.60. The molecule has 0 fully saturated rings. The van der Waals surface area contributed by atoms with Gasteiger partial charge in [0.1, 0.15) is 6.61 Å². The molecule has 1 N–H and O–H groups in total. The van der Waals surface area contributed by atoms with E-state index in [0.29, 0.717) is 11.5 Å². The summed E-state index contributed by atoms with van der Waals surface area (Å²) in [6.07, 6.45) is 0.429. The van der Waals surface area contributed by atoms with Gasteiger partial charge in [0.2, 0.25) is 6.10 Å². The minimum atomic E-state index is -3.24. The molecule has 0 radical (unpaired) electrons. The number of carbonyl (C=O) groups is 1. The zero-order valence-corrected chi connectivity index (χ0v) is 14.7. The zero-order chi connectivity index (χ0) is 18.0. The molecule has 6 nitrogen and oxygen atoms in total. The Morgan fingerprint density at radius 3 is 2.40 bits per heavy atom. The number of benzene rings is 2. The second-order valence-electron chi connectivity index (χ2n) is 5.94. The van der Waals surface area contributed by atoms with Crippen LogP contribution in [-0.2, 0) is 14.6 Å². The van der Waals surface area contributed by atoms with Gasteiger partial charge in [-0.1, -0.05) is 24.3 Å². The lowest BCUT2D eigenvalue weighted by Gasteiger charge is -2.26. The molecule has 1 heterocycles. The Labute approximate surface area is 146 Å². The van der Waals surface area contributed by atoms with Crippen molar-refractivity contribution in [2.45, 2.75) is 24.0 Å². The predicted octanol–water partition coefficient (Wildman–Crippen LogP) is 2.11. The standard InChI is InChI=1S/C18H19NO5S/c1-12(13-7-9-14(10-8-13)25(2,21)22)19-18(20)17-11-23-15-5-3-4-6-16(15)24-17/h3-10,12,17H,11H2,1-2H3,(H,19,20)/t12-,17+/m1/s1. The van der Waals surface area contributed by atoms with Gasteiger partial charge in [0.05, 0.1) is 10.9 Å². The van der Waals surface area contributed by atoms with Crippen LogP contribution >= 0.6 is 0 Å². The molecule has 0 unspecified atom stereocenters. The zero-order valence-electron chi connectivity index (χ0n) is 13.9. The summed E-state index contributed by atoms with van der Waals surface area (Å²) in [6.45, 7) is 1.97. The van der Waals surface area contributed by atoms with Crippen molar-refractivity contribution in [1.82, 2.24) is 5.32 Å². The highest BCUT2D eigenvalue weighted by atomic mass is 32.2. The number of nitrogens with one attached hydrogen (secondary N) is 1. The first-order valence-corrected chi connectivity index (χ1v) is 9.72. The van der Waals surface area contributed by atoms with Crippen LogP contribution in [0.3, 0.4) is 0 Å². The molecule has 0 saturated carbocycles. The van der Waals surface area contributed by atoms with E-state index in [-0.39, 0.29) is 23.5 Å². The van der Waals surface area contributed by atoms with Crippen molar-refractivity contribution in [1.29, 1.82) is 0 Å². The van der Waals surface area contributed by atoms with Gasteiger partial charge in [-0.2, -0.15) is 0 Å². The fraction of sp³-hybridized carbons (Fsp3) is 0.278. The number of hydrogen-bond acceptors (Lipinski definition) is 5. The number of carbonyl (C=O) groups excluding carboxylic acids is 1. The van der Waals surface area contributed by atoms with Gasteiger partial charge in [0.25, 0.3) is 5.91 Å². The summed E-state index contributed by atoms with van der Waals surface area (Å²) in [5, 5.41) is 2.86. The summed E-state index contributed by atoms with van der Waals surface area (Å²) in [4.78, 5) is 12.7. The molecule has 1 aliphatic rings. The highest BCUT2D eigenvalue weighted by Crippen LogP contribution is 2.31. The van der Waals surface area contributed by atoms with Crippen molar-refractivity contribution in [2.24, 2.45) is 0 Å². The van der Waals surface area contributed by atoms with E-state index in [1.165, 1.54) is 12.1 Å². The van der Waals surface area contributed by atoms with Gasteiger partial charge in [0.15, 0.2) is 21.3 Å². The maximum Gasteiger partial charge on any atom is 0.265 e. The van der Waals surface area contributed by atoms with Crippen LogP contribution in [0.5, 0.6) is 11.5 Å². The predicted molar refractivity (Wildman–Crippen MR) is 92.5 cm³/mol. The van der Waals surface area contributed by atoms with E-state index in [0.717, 1.165) is 11.8 Å². The molecule has 2 atom stereocenters. The second kappa shape index (κ2) is 6.76. The van der Waals surface area contributed by atoms with Crippen LogP contribution in [0.1, 0.15) is 18.5 Å². The van der Waals surface area contributed by atoms with Gasteiger partial charge in [-0.3, -0.25) is 4.79 Å². The SMILES string of the molecule is C[C@@H](NC(=O)[C@@H]1COc2ccccc2O1)c1ccc(S(C)(=O)=O)cc1. The van der Waals surface area contributed by atoms with E-state index in [9.17, 15) is 13.2 Å². The lowest BCUT2D eigenvalue weighted by atomic mass is 10.1. The molecule has 0 saturated heterocycles. The fourth-order valence-electron chi connectivity index (χ4n) is 2.54. The summed E-state index contributed by atoms with van der Waals surface area (Å²) in [7, 11) is -3.24. The highest BCUT2D eigenvalue weighted by molar-refractivity contribution is 7.90. The Morgan fingerprint density at radius 1 is 1.12 bits per heavy atom. The lowest BCUT2D eigenvalue weighted by Crippen LogP contribution is -2.44. The summed E-state index contributed by atoms with van der Waals surface area (Å²) in [5.41, 5.74) is 0.804. The van der Waals surface area contributed by atoms with Gasteiger partial charge in [-0.05, 0) is 36.8 Å². The van der Waals surface area contributed by atoms with Crippen molar-refractivity contribution in [3.63, 3.8) is 0 Å². The van der Waals surface area contributed by atoms with E-state index in [1.54, 1.807) is 24.3 Å². The number of rotatable bonds is 4. The monoisotopic (exact) mass is 361 g/mol. The lowest BCUT2D eigenvalue weighted by molar-refractivity contribution is -0.131. The third-order valence-electron chi connectivity index (χ3n) is 3.97. The average molecular weight is 361 g/mol. The van der Waals surface area contributed by atoms with Crippen LogP contribution in [0.15, 0.2) is 53.4 Å². The number of ether oxygens (including phenoxy) is 2. The van der Waals surface area contributed by atoms with Crippen LogP contribution < -0.4 is 14.8 Å². The van der Waals surface area contributed by atoms with E-state index >= 15 is 0 Å². The fourth-order valence-corrected chi connectivity index (χ4v) is 3.17. The molecule has 7 heteroatoms. The first kappa shape index (κ1) is 17.3. The molecule has 25 heavy (non-hydrogen) atoms. The number of sulfone groups is 1. The Kier molecular flexibility index (Phi) is 4.67. The first-order valence-electron chi connectivity index (χ1n) is 7.83. The molecule has 1 aliphatic heterocycles. The molecule has 3 rings (SSSR count). The van der Waals surface area contributed by atoms with Gasteiger partial charge < -0.3 is 14.8 Å². The van der Waals surface area contributed by atoms with E-state index in [4.69, 9.17) is 9.47 Å². The van der Waals surface area contributed by atoms with Crippen LogP contribution in [-0.4, -0.2) is 33.3 Å². The van der Waals surface area contributed by atoms with Gasteiger partial charge >= 0.3 is 0 Å². The number of amides is 1. The van der Waals surface area contributed by atoms with Gasteiger partial charge in [-0.15, -0.1) is 0 Å². The Balaban J connectivity index is 1.65.